The van der Waals surface area contributed by atoms with Crippen LogP contribution in [0.25, 0.3) is 22.8 Å². The van der Waals surface area contributed by atoms with Gasteiger partial charge in [0.25, 0.3) is 0 Å². The van der Waals surface area contributed by atoms with Crippen LogP contribution in [0.2, 0.25) is 0 Å². The van der Waals surface area contributed by atoms with Crippen LogP contribution < -0.4 is 29.6 Å². The Hall–Kier alpha value is -2.58. The van der Waals surface area contributed by atoms with Crippen LogP contribution >= 0.6 is 24.0 Å². The normalized spacial score (nSPS) is 8.97. The molecule has 0 radical (unpaired) electrons. The van der Waals surface area contributed by atoms with Crippen LogP contribution in [0, 0.1) is 23.2 Å². The van der Waals surface area contributed by atoms with E-state index in [1.807, 2.05) is 90.1 Å². The molecule has 2 aromatic heterocycles. The molecule has 33 heavy (non-hydrogen) atoms. The number of aromatic nitrogens is 4. The first-order valence-electron chi connectivity index (χ1n) is 9.43. The Balaban J connectivity index is 0.000000547. The van der Waals surface area contributed by atoms with Gasteiger partial charge in [-0.2, -0.15) is 5.26 Å². The maximum absolute atomic E-state index is 8.63. The summed E-state index contributed by atoms with van der Waals surface area (Å²) >= 11 is 5.77. The van der Waals surface area contributed by atoms with E-state index in [2.05, 4.69) is 16.0 Å². The largest absolute Gasteiger partial charge is 1.00 e. The van der Waals surface area contributed by atoms with Crippen molar-refractivity contribution in [2.45, 2.75) is 12.3 Å². The fourth-order valence-corrected chi connectivity index (χ4v) is 3.22. The number of rotatable bonds is 4. The summed E-state index contributed by atoms with van der Waals surface area (Å²) in [6.45, 7) is 4.75. The second-order valence-corrected chi connectivity index (χ2v) is 6.73. The van der Waals surface area contributed by atoms with Crippen molar-refractivity contribution >= 4 is 24.0 Å². The fourth-order valence-electron chi connectivity index (χ4n) is 2.97. The van der Waals surface area contributed by atoms with Crippen molar-refractivity contribution in [3.05, 3.63) is 91.0 Å². The van der Waals surface area contributed by atoms with Crippen molar-refractivity contribution in [1.82, 2.24) is 19.1 Å². The van der Waals surface area contributed by atoms with Crippen LogP contribution in [0.1, 0.15) is 11.4 Å². The molecule has 0 aliphatic rings. The third kappa shape index (κ3) is 8.05. The van der Waals surface area contributed by atoms with E-state index in [0.29, 0.717) is 12.3 Å². The molecule has 0 N–H and O–H groups in total. The number of benzene rings is 2. The van der Waals surface area contributed by atoms with E-state index >= 15 is 0 Å². The van der Waals surface area contributed by atoms with Crippen LogP contribution in [0.5, 0.6) is 0 Å². The number of nitrogens with zero attached hydrogens (tertiary/aromatic N) is 6. The SMILES string of the molecule is Cl.Cn1c(CC#N)cnc1-c1ccccc1.Cn1c(CCl)cnc1-c1ccccc1.[C-]#N.[Na+]. The number of hydrogen-bond acceptors (Lipinski definition) is 4. The summed E-state index contributed by atoms with van der Waals surface area (Å²) in [4.78, 5) is 8.65. The molecule has 0 atom stereocenters. The van der Waals surface area contributed by atoms with Crippen molar-refractivity contribution < 1.29 is 29.6 Å². The molecule has 2 heterocycles. The zero-order chi connectivity index (χ0) is 22.6. The first-order valence-corrected chi connectivity index (χ1v) is 9.96. The van der Waals surface area contributed by atoms with Gasteiger partial charge in [0.05, 0.1) is 36.0 Å². The average molecular weight is 489 g/mol. The van der Waals surface area contributed by atoms with Crippen LogP contribution in [0.4, 0.5) is 0 Å². The molecule has 0 aliphatic carbocycles. The molecular formula is C24H23Cl2N6Na. The molecule has 0 spiro atoms. The number of hydrogen-bond donors (Lipinski definition) is 0. The Morgan fingerprint density at radius 2 is 1.21 bits per heavy atom. The minimum absolute atomic E-state index is 0. The Bertz CT molecular complexity index is 1150. The van der Waals surface area contributed by atoms with E-state index < -0.39 is 0 Å². The molecule has 0 bridgehead atoms. The minimum atomic E-state index is 0. The number of halogens is 2. The molecule has 4 rings (SSSR count). The van der Waals surface area contributed by atoms with E-state index in [0.717, 1.165) is 34.2 Å². The third-order valence-electron chi connectivity index (χ3n) is 4.63. The fraction of sp³-hybridized carbons (Fsp3) is 0.167. The molecule has 164 valence electrons. The van der Waals surface area contributed by atoms with Gasteiger partial charge in [-0.15, -0.1) is 24.0 Å². The van der Waals surface area contributed by atoms with Crippen molar-refractivity contribution in [1.29, 1.82) is 10.5 Å². The van der Waals surface area contributed by atoms with Gasteiger partial charge in [0.1, 0.15) is 11.6 Å². The standard InChI is InChI=1S/C12H11N3.C11H11ClN2.CN.ClH.Na/c1-15-11(7-8-13)9-14-12(15)10-5-3-2-4-6-10;1-14-10(7-12)8-13-11(14)9-5-3-2-4-6-9;1-2;;/h2-6,9H,7H2,1H3;2-6,8H,7H2,1H3;;1H;/q;;-1;;+1. The van der Waals surface area contributed by atoms with Crippen molar-refractivity contribution in [2.75, 3.05) is 0 Å². The van der Waals surface area contributed by atoms with E-state index in [1.54, 1.807) is 6.20 Å². The molecule has 0 fully saturated rings. The monoisotopic (exact) mass is 488 g/mol. The molecular weight excluding hydrogens is 466 g/mol. The van der Waals surface area contributed by atoms with E-state index in [-0.39, 0.29) is 42.0 Å². The topological polar surface area (TPSA) is 83.2 Å². The molecule has 0 amide bonds. The average Bonchev–Trinajstić information content (AvgIpc) is 3.39. The molecule has 9 heteroatoms. The summed E-state index contributed by atoms with van der Waals surface area (Å²) in [7, 11) is 3.91. The van der Waals surface area contributed by atoms with Crippen LogP contribution in [0.3, 0.4) is 0 Å². The van der Waals surface area contributed by atoms with Gasteiger partial charge in [0.15, 0.2) is 0 Å². The molecule has 0 aliphatic heterocycles. The smallest absolute Gasteiger partial charge is 0.512 e. The molecule has 0 saturated heterocycles. The van der Waals surface area contributed by atoms with Gasteiger partial charge in [0.2, 0.25) is 0 Å². The number of alkyl halides is 1. The Labute approximate surface area is 228 Å². The zero-order valence-electron chi connectivity index (χ0n) is 18.8. The summed E-state index contributed by atoms with van der Waals surface area (Å²) in [5.41, 5.74) is 4.16. The van der Waals surface area contributed by atoms with Crippen LogP contribution in [0.15, 0.2) is 73.1 Å². The van der Waals surface area contributed by atoms with Gasteiger partial charge in [-0.25, -0.2) is 9.97 Å². The van der Waals surface area contributed by atoms with Gasteiger partial charge < -0.3 is 21.0 Å². The van der Waals surface area contributed by atoms with E-state index in [9.17, 15) is 0 Å². The minimum Gasteiger partial charge on any atom is -0.512 e. The second-order valence-electron chi connectivity index (χ2n) is 6.46. The molecule has 2 aromatic carbocycles. The predicted molar refractivity (Wildman–Crippen MR) is 128 cm³/mol. The van der Waals surface area contributed by atoms with Crippen LogP contribution in [-0.2, 0) is 26.4 Å². The number of nitriles is 1. The van der Waals surface area contributed by atoms with E-state index in [1.165, 1.54) is 0 Å². The van der Waals surface area contributed by atoms with Gasteiger partial charge in [0, 0.05) is 31.4 Å². The summed E-state index contributed by atoms with van der Waals surface area (Å²) in [6, 6.07) is 22.2. The summed E-state index contributed by atoms with van der Waals surface area (Å²) in [5.74, 6) is 2.36. The summed E-state index contributed by atoms with van der Waals surface area (Å²) in [5, 5.41) is 14.9. The Morgan fingerprint density at radius 1 is 0.818 bits per heavy atom. The second kappa shape index (κ2) is 16.1. The van der Waals surface area contributed by atoms with E-state index in [4.69, 9.17) is 28.7 Å². The quantitative estimate of drug-likeness (QED) is 0.251. The van der Waals surface area contributed by atoms with Gasteiger partial charge in [-0.05, 0) is 0 Å². The first kappa shape index (κ1) is 30.4. The van der Waals surface area contributed by atoms with Gasteiger partial charge in [-0.1, -0.05) is 60.7 Å². The Kier molecular flexibility index (Phi) is 14.8. The van der Waals surface area contributed by atoms with Crippen molar-refractivity contribution in [3.63, 3.8) is 0 Å². The van der Waals surface area contributed by atoms with Crippen molar-refractivity contribution in [3.8, 4) is 28.8 Å². The molecule has 4 aromatic rings. The maximum Gasteiger partial charge on any atom is 1.00 e. The first-order chi connectivity index (χ1) is 15.2. The summed E-state index contributed by atoms with van der Waals surface area (Å²) in [6.07, 6.45) is 3.97. The van der Waals surface area contributed by atoms with Crippen molar-refractivity contribution in [2.24, 2.45) is 14.1 Å². The maximum atomic E-state index is 8.63. The molecule has 0 saturated carbocycles. The molecule has 6 nitrogen and oxygen atoms in total. The number of imidazole rings is 2. The zero-order valence-corrected chi connectivity index (χ0v) is 22.4. The molecule has 0 unspecified atom stereocenters. The van der Waals surface area contributed by atoms with Crippen LogP contribution in [-0.4, -0.2) is 19.1 Å². The van der Waals surface area contributed by atoms with Gasteiger partial charge >= 0.3 is 29.6 Å². The third-order valence-corrected chi connectivity index (χ3v) is 4.90. The van der Waals surface area contributed by atoms with Gasteiger partial charge in [-0.3, -0.25) is 0 Å². The summed E-state index contributed by atoms with van der Waals surface area (Å²) < 4.78 is 3.97. The Morgan fingerprint density at radius 3 is 1.58 bits per heavy atom. The predicted octanol–water partition coefficient (Wildman–Crippen LogP) is 2.50.